The summed E-state index contributed by atoms with van der Waals surface area (Å²) in [6.07, 6.45) is 7.69. The minimum absolute atomic E-state index is 0.471. The van der Waals surface area contributed by atoms with Crippen molar-refractivity contribution in [2.45, 2.75) is 38.6 Å². The Bertz CT molecular complexity index is 618. The molecule has 0 radical (unpaired) electrons. The molecule has 0 bridgehead atoms. The second kappa shape index (κ2) is 7.25. The molecule has 1 saturated heterocycles. The molecule has 3 rings (SSSR count). The highest BCUT2D eigenvalue weighted by Crippen LogP contribution is 2.21. The topological polar surface area (TPSA) is 53.9 Å². The average Bonchev–Trinajstić information content (AvgIpc) is 2.57. The normalized spacial score (nSPS) is 15.9. The number of hydrogen-bond acceptors (Lipinski definition) is 5. The number of halogens is 1. The van der Waals surface area contributed by atoms with E-state index in [1.54, 1.807) is 12.4 Å². The first-order valence-corrected chi connectivity index (χ1v) is 8.86. The molecule has 2 aromatic heterocycles. The lowest BCUT2D eigenvalue weighted by atomic mass is 10.0. The molecule has 1 aliphatic heterocycles. The minimum atomic E-state index is 0.471. The SMILES string of the molecule is CC(C)c1ccc(NC2CCN(c3ncc(Br)cn3)CC2)cn1. The van der Waals surface area contributed by atoms with E-state index in [-0.39, 0.29) is 0 Å². The van der Waals surface area contributed by atoms with Gasteiger partial charge in [-0.25, -0.2) is 9.97 Å². The summed E-state index contributed by atoms with van der Waals surface area (Å²) in [6.45, 7) is 6.26. The van der Waals surface area contributed by atoms with Crippen LogP contribution in [0.3, 0.4) is 0 Å². The van der Waals surface area contributed by atoms with Crippen LogP contribution in [0.5, 0.6) is 0 Å². The van der Waals surface area contributed by atoms with Gasteiger partial charge in [0.05, 0.1) is 16.4 Å². The van der Waals surface area contributed by atoms with E-state index in [1.807, 2.05) is 6.20 Å². The van der Waals surface area contributed by atoms with Crippen LogP contribution >= 0.6 is 15.9 Å². The lowest BCUT2D eigenvalue weighted by molar-refractivity contribution is 0.519. The van der Waals surface area contributed by atoms with Crippen LogP contribution in [0.1, 0.15) is 38.3 Å². The standard InChI is InChI=1S/C17H22BrN5/c1-12(2)16-4-3-15(11-19-16)22-14-5-7-23(8-6-14)17-20-9-13(18)10-21-17/h3-4,9-12,14,22H,5-8H2,1-2H3. The molecule has 3 heterocycles. The molecule has 0 aliphatic carbocycles. The molecule has 23 heavy (non-hydrogen) atoms. The Labute approximate surface area is 145 Å². The van der Waals surface area contributed by atoms with Gasteiger partial charge in [0.15, 0.2) is 0 Å². The largest absolute Gasteiger partial charge is 0.381 e. The molecule has 2 aromatic rings. The molecular weight excluding hydrogens is 354 g/mol. The highest BCUT2D eigenvalue weighted by molar-refractivity contribution is 9.10. The van der Waals surface area contributed by atoms with Gasteiger partial charge < -0.3 is 10.2 Å². The van der Waals surface area contributed by atoms with E-state index in [0.29, 0.717) is 12.0 Å². The van der Waals surface area contributed by atoms with Gasteiger partial charge in [-0.05, 0) is 46.8 Å². The second-order valence-corrected chi connectivity index (χ2v) is 7.15. The quantitative estimate of drug-likeness (QED) is 0.879. The summed E-state index contributed by atoms with van der Waals surface area (Å²) in [6, 6.07) is 4.72. The van der Waals surface area contributed by atoms with Crippen LogP contribution in [0.25, 0.3) is 0 Å². The van der Waals surface area contributed by atoms with Gasteiger partial charge >= 0.3 is 0 Å². The Morgan fingerprint density at radius 2 is 1.78 bits per heavy atom. The average molecular weight is 376 g/mol. The van der Waals surface area contributed by atoms with E-state index in [0.717, 1.165) is 47.7 Å². The van der Waals surface area contributed by atoms with Crippen LogP contribution in [-0.4, -0.2) is 34.1 Å². The highest BCUT2D eigenvalue weighted by atomic mass is 79.9. The maximum atomic E-state index is 4.52. The third-order valence-electron chi connectivity index (χ3n) is 4.13. The summed E-state index contributed by atoms with van der Waals surface area (Å²) >= 11 is 3.37. The number of hydrogen-bond donors (Lipinski definition) is 1. The van der Waals surface area contributed by atoms with E-state index in [4.69, 9.17) is 0 Å². The number of pyridine rings is 1. The molecule has 0 unspecified atom stereocenters. The van der Waals surface area contributed by atoms with Crippen LogP contribution < -0.4 is 10.2 Å². The molecule has 0 aromatic carbocycles. The molecule has 0 spiro atoms. The van der Waals surface area contributed by atoms with Crippen LogP contribution in [0.4, 0.5) is 11.6 Å². The van der Waals surface area contributed by atoms with Crippen molar-refractivity contribution in [2.75, 3.05) is 23.3 Å². The summed E-state index contributed by atoms with van der Waals surface area (Å²) in [7, 11) is 0. The first-order chi connectivity index (χ1) is 11.1. The smallest absolute Gasteiger partial charge is 0.225 e. The van der Waals surface area contributed by atoms with Gasteiger partial charge in [0.25, 0.3) is 0 Å². The molecule has 0 amide bonds. The third-order valence-corrected chi connectivity index (χ3v) is 4.54. The predicted octanol–water partition coefficient (Wildman–Crippen LogP) is 3.84. The van der Waals surface area contributed by atoms with Gasteiger partial charge in [-0.2, -0.15) is 0 Å². The van der Waals surface area contributed by atoms with Crippen LogP contribution in [0, 0.1) is 0 Å². The zero-order valence-electron chi connectivity index (χ0n) is 13.5. The Kier molecular flexibility index (Phi) is 5.10. The molecule has 5 nitrogen and oxygen atoms in total. The van der Waals surface area contributed by atoms with E-state index in [9.17, 15) is 0 Å². The Hall–Kier alpha value is -1.69. The van der Waals surface area contributed by atoms with E-state index < -0.39 is 0 Å². The van der Waals surface area contributed by atoms with Crippen molar-refractivity contribution in [3.8, 4) is 0 Å². The van der Waals surface area contributed by atoms with Gasteiger partial charge in [-0.15, -0.1) is 0 Å². The Balaban J connectivity index is 1.53. The zero-order chi connectivity index (χ0) is 16.2. The van der Waals surface area contributed by atoms with Crippen molar-refractivity contribution >= 4 is 27.6 Å². The number of nitrogens with zero attached hydrogens (tertiary/aromatic N) is 4. The monoisotopic (exact) mass is 375 g/mol. The molecule has 122 valence electrons. The van der Waals surface area contributed by atoms with E-state index in [1.165, 1.54) is 0 Å². The zero-order valence-corrected chi connectivity index (χ0v) is 15.1. The van der Waals surface area contributed by atoms with Gasteiger partial charge in [0.2, 0.25) is 5.95 Å². The molecule has 6 heteroatoms. The lowest BCUT2D eigenvalue weighted by Crippen LogP contribution is -2.39. The first-order valence-electron chi connectivity index (χ1n) is 8.07. The fourth-order valence-electron chi connectivity index (χ4n) is 2.76. The molecule has 0 saturated carbocycles. The molecule has 1 N–H and O–H groups in total. The van der Waals surface area contributed by atoms with Crippen molar-refractivity contribution in [2.24, 2.45) is 0 Å². The Morgan fingerprint density at radius 1 is 1.09 bits per heavy atom. The van der Waals surface area contributed by atoms with Crippen LogP contribution in [-0.2, 0) is 0 Å². The summed E-state index contributed by atoms with van der Waals surface area (Å²) in [5.74, 6) is 1.29. The fraction of sp³-hybridized carbons (Fsp3) is 0.471. The van der Waals surface area contributed by atoms with Crippen molar-refractivity contribution in [3.05, 3.63) is 40.9 Å². The summed E-state index contributed by atoms with van der Waals surface area (Å²) < 4.78 is 0.912. The predicted molar refractivity (Wildman–Crippen MR) is 96.9 cm³/mol. The van der Waals surface area contributed by atoms with Gasteiger partial charge in [0, 0.05) is 37.2 Å². The maximum absolute atomic E-state index is 4.52. The fourth-order valence-corrected chi connectivity index (χ4v) is 2.97. The molecule has 1 fully saturated rings. The molecular formula is C17H22BrN5. The van der Waals surface area contributed by atoms with E-state index in [2.05, 4.69) is 67.1 Å². The summed E-state index contributed by atoms with van der Waals surface area (Å²) in [5, 5.41) is 3.59. The lowest BCUT2D eigenvalue weighted by Gasteiger charge is -2.32. The number of anilines is 2. The van der Waals surface area contributed by atoms with Crippen LogP contribution in [0.15, 0.2) is 35.2 Å². The first kappa shape index (κ1) is 16.2. The third kappa shape index (κ3) is 4.19. The van der Waals surface area contributed by atoms with E-state index >= 15 is 0 Å². The molecule has 1 aliphatic rings. The second-order valence-electron chi connectivity index (χ2n) is 6.23. The molecule has 0 atom stereocenters. The van der Waals surface area contributed by atoms with Crippen molar-refractivity contribution in [1.29, 1.82) is 0 Å². The van der Waals surface area contributed by atoms with Gasteiger partial charge in [-0.3, -0.25) is 4.98 Å². The van der Waals surface area contributed by atoms with Crippen LogP contribution in [0.2, 0.25) is 0 Å². The number of piperidine rings is 1. The number of nitrogens with one attached hydrogen (secondary N) is 1. The maximum Gasteiger partial charge on any atom is 0.225 e. The van der Waals surface area contributed by atoms with Crippen molar-refractivity contribution in [3.63, 3.8) is 0 Å². The van der Waals surface area contributed by atoms with Crippen molar-refractivity contribution < 1.29 is 0 Å². The van der Waals surface area contributed by atoms with Gasteiger partial charge in [-0.1, -0.05) is 13.8 Å². The summed E-state index contributed by atoms with van der Waals surface area (Å²) in [5.41, 5.74) is 2.24. The highest BCUT2D eigenvalue weighted by Gasteiger charge is 2.20. The number of rotatable bonds is 4. The Morgan fingerprint density at radius 3 is 2.35 bits per heavy atom. The van der Waals surface area contributed by atoms with Crippen molar-refractivity contribution in [1.82, 2.24) is 15.0 Å². The minimum Gasteiger partial charge on any atom is -0.381 e. The number of aromatic nitrogens is 3. The summed E-state index contributed by atoms with van der Waals surface area (Å²) in [4.78, 5) is 15.5. The van der Waals surface area contributed by atoms with Gasteiger partial charge in [0.1, 0.15) is 0 Å².